The zero-order valence-electron chi connectivity index (χ0n) is 7.13. The lowest BCUT2D eigenvalue weighted by Gasteiger charge is -2.09. The fourth-order valence-corrected chi connectivity index (χ4v) is 0.992. The molecule has 0 heterocycles. The van der Waals surface area contributed by atoms with Gasteiger partial charge in [0.2, 0.25) is 0 Å². The van der Waals surface area contributed by atoms with E-state index in [-0.39, 0.29) is 12.4 Å². The van der Waals surface area contributed by atoms with Gasteiger partial charge in [0.1, 0.15) is 0 Å². The first-order valence-corrected chi connectivity index (χ1v) is 3.86. The first-order chi connectivity index (χ1) is 5.70. The monoisotopic (exact) mass is 201 g/mol. The molecule has 5 heteroatoms. The maximum absolute atomic E-state index is 8.71. The van der Waals surface area contributed by atoms with Crippen molar-refractivity contribution in [3.05, 3.63) is 35.9 Å². The molecular formula is C8H13BClNO2. The van der Waals surface area contributed by atoms with Crippen LogP contribution >= 0.6 is 12.4 Å². The lowest BCUT2D eigenvalue weighted by Crippen LogP contribution is -2.40. The van der Waals surface area contributed by atoms with Crippen LogP contribution in [0.3, 0.4) is 0 Å². The van der Waals surface area contributed by atoms with Crippen molar-refractivity contribution in [2.75, 3.05) is 0 Å². The minimum atomic E-state index is -1.44. The van der Waals surface area contributed by atoms with Gasteiger partial charge in [0.15, 0.2) is 0 Å². The molecule has 0 spiro atoms. The van der Waals surface area contributed by atoms with Gasteiger partial charge in [-0.1, -0.05) is 30.3 Å². The summed E-state index contributed by atoms with van der Waals surface area (Å²) in [6, 6.07) is 9.51. The first kappa shape index (κ1) is 12.5. The van der Waals surface area contributed by atoms with Gasteiger partial charge in [-0.15, -0.1) is 12.4 Å². The Morgan fingerprint density at radius 1 is 1.23 bits per heavy atom. The van der Waals surface area contributed by atoms with E-state index < -0.39 is 13.1 Å². The Kier molecular flexibility index (Phi) is 5.74. The molecule has 0 amide bonds. The van der Waals surface area contributed by atoms with Crippen molar-refractivity contribution in [2.45, 2.75) is 12.4 Å². The van der Waals surface area contributed by atoms with Crippen LogP contribution in [-0.2, 0) is 6.42 Å². The van der Waals surface area contributed by atoms with Crippen molar-refractivity contribution in [3.8, 4) is 0 Å². The Bertz CT molecular complexity index is 233. The summed E-state index contributed by atoms with van der Waals surface area (Å²) in [5.41, 5.74) is 6.46. The molecule has 0 aromatic heterocycles. The van der Waals surface area contributed by atoms with E-state index in [1.165, 1.54) is 0 Å². The Hall–Kier alpha value is -0.545. The van der Waals surface area contributed by atoms with E-state index in [1.54, 1.807) is 0 Å². The zero-order valence-corrected chi connectivity index (χ0v) is 7.95. The lowest BCUT2D eigenvalue weighted by molar-refractivity contribution is 0.386. The quantitative estimate of drug-likeness (QED) is 0.603. The van der Waals surface area contributed by atoms with Crippen molar-refractivity contribution < 1.29 is 10.0 Å². The highest BCUT2D eigenvalue weighted by Gasteiger charge is 2.18. The summed E-state index contributed by atoms with van der Waals surface area (Å²) in [5, 5.41) is 17.4. The van der Waals surface area contributed by atoms with Crippen molar-refractivity contribution in [2.24, 2.45) is 5.73 Å². The topological polar surface area (TPSA) is 66.5 Å². The van der Waals surface area contributed by atoms with Crippen LogP contribution in [0.2, 0.25) is 0 Å². The van der Waals surface area contributed by atoms with E-state index in [0.29, 0.717) is 6.42 Å². The number of nitrogens with two attached hydrogens (primary N) is 1. The molecule has 0 aliphatic heterocycles. The third-order valence-electron chi connectivity index (χ3n) is 1.70. The molecule has 3 nitrogen and oxygen atoms in total. The molecule has 0 aliphatic carbocycles. The van der Waals surface area contributed by atoms with Gasteiger partial charge in [0.25, 0.3) is 0 Å². The molecule has 1 aromatic carbocycles. The fraction of sp³-hybridized carbons (Fsp3) is 0.250. The van der Waals surface area contributed by atoms with E-state index in [1.807, 2.05) is 30.3 Å². The predicted molar refractivity (Wildman–Crippen MR) is 55.6 cm³/mol. The summed E-state index contributed by atoms with van der Waals surface area (Å²) in [4.78, 5) is 0. The SMILES string of the molecule is Cl.NC(Cc1ccccc1)B(O)O. The number of rotatable bonds is 3. The van der Waals surface area contributed by atoms with E-state index in [4.69, 9.17) is 15.8 Å². The second-order valence-electron chi connectivity index (χ2n) is 2.77. The Morgan fingerprint density at radius 2 is 1.77 bits per heavy atom. The van der Waals surface area contributed by atoms with Gasteiger partial charge in [-0.25, -0.2) is 0 Å². The lowest BCUT2D eigenvalue weighted by atomic mass is 9.77. The van der Waals surface area contributed by atoms with Gasteiger partial charge in [-0.3, -0.25) is 0 Å². The average molecular weight is 201 g/mol. The molecule has 13 heavy (non-hydrogen) atoms. The summed E-state index contributed by atoms with van der Waals surface area (Å²) < 4.78 is 0. The van der Waals surface area contributed by atoms with Gasteiger partial charge in [0, 0.05) is 5.94 Å². The highest BCUT2D eigenvalue weighted by molar-refractivity contribution is 6.43. The Labute approximate surface area is 84.1 Å². The average Bonchev–Trinajstić information content (AvgIpc) is 2.06. The van der Waals surface area contributed by atoms with Gasteiger partial charge in [-0.05, 0) is 12.0 Å². The third-order valence-corrected chi connectivity index (χ3v) is 1.70. The molecule has 72 valence electrons. The summed E-state index contributed by atoms with van der Waals surface area (Å²) in [6.45, 7) is 0. The molecule has 0 bridgehead atoms. The Morgan fingerprint density at radius 3 is 2.23 bits per heavy atom. The number of hydrogen-bond donors (Lipinski definition) is 3. The molecule has 0 saturated heterocycles. The van der Waals surface area contributed by atoms with Gasteiger partial charge < -0.3 is 15.8 Å². The first-order valence-electron chi connectivity index (χ1n) is 3.86. The molecule has 1 unspecified atom stereocenters. The predicted octanol–water partition coefficient (Wildman–Crippen LogP) is -0.00980. The van der Waals surface area contributed by atoms with Crippen molar-refractivity contribution in [1.82, 2.24) is 0 Å². The van der Waals surface area contributed by atoms with Crippen molar-refractivity contribution in [1.29, 1.82) is 0 Å². The van der Waals surface area contributed by atoms with E-state index in [0.717, 1.165) is 5.56 Å². The van der Waals surface area contributed by atoms with Crippen LogP contribution in [-0.4, -0.2) is 23.1 Å². The minimum Gasteiger partial charge on any atom is -0.426 e. The highest BCUT2D eigenvalue weighted by atomic mass is 35.5. The molecule has 0 aliphatic rings. The van der Waals surface area contributed by atoms with E-state index in [2.05, 4.69) is 0 Å². The van der Waals surface area contributed by atoms with Crippen LogP contribution in [0.15, 0.2) is 30.3 Å². The second kappa shape index (κ2) is 5.99. The van der Waals surface area contributed by atoms with Crippen LogP contribution < -0.4 is 5.73 Å². The Balaban J connectivity index is 0.00000144. The van der Waals surface area contributed by atoms with Crippen LogP contribution in [0.5, 0.6) is 0 Å². The van der Waals surface area contributed by atoms with Crippen molar-refractivity contribution in [3.63, 3.8) is 0 Å². The number of benzene rings is 1. The summed E-state index contributed by atoms with van der Waals surface area (Å²) in [5.74, 6) is -0.604. The smallest absolute Gasteiger partial charge is 0.426 e. The maximum Gasteiger partial charge on any atom is 0.469 e. The molecule has 0 fully saturated rings. The van der Waals surface area contributed by atoms with Gasteiger partial charge >= 0.3 is 7.12 Å². The molecule has 1 aromatic rings. The number of halogens is 1. The van der Waals surface area contributed by atoms with E-state index in [9.17, 15) is 0 Å². The zero-order chi connectivity index (χ0) is 8.97. The maximum atomic E-state index is 8.71. The van der Waals surface area contributed by atoms with E-state index >= 15 is 0 Å². The molecule has 1 rings (SSSR count). The molecular weight excluding hydrogens is 188 g/mol. The summed E-state index contributed by atoms with van der Waals surface area (Å²) in [7, 11) is -1.44. The van der Waals surface area contributed by atoms with Crippen LogP contribution in [0.1, 0.15) is 5.56 Å². The number of hydrogen-bond acceptors (Lipinski definition) is 3. The highest BCUT2D eigenvalue weighted by Crippen LogP contribution is 2.01. The fourth-order valence-electron chi connectivity index (χ4n) is 0.992. The molecule has 4 N–H and O–H groups in total. The van der Waals surface area contributed by atoms with Gasteiger partial charge in [0.05, 0.1) is 0 Å². The molecule has 0 radical (unpaired) electrons. The normalized spacial score (nSPS) is 11.6. The third kappa shape index (κ3) is 4.29. The molecule has 0 saturated carbocycles. The standard InChI is InChI=1S/C8H12BNO2.ClH/c10-8(9(11)12)6-7-4-2-1-3-5-7;/h1-5,8,11-12H,6,10H2;1H. The van der Waals surface area contributed by atoms with Crippen LogP contribution in [0.25, 0.3) is 0 Å². The second-order valence-corrected chi connectivity index (χ2v) is 2.77. The summed E-state index contributed by atoms with van der Waals surface area (Å²) >= 11 is 0. The summed E-state index contributed by atoms with van der Waals surface area (Å²) in [6.07, 6.45) is 0.485. The van der Waals surface area contributed by atoms with Crippen molar-refractivity contribution >= 4 is 19.5 Å². The molecule has 1 atom stereocenters. The largest absolute Gasteiger partial charge is 0.469 e. The van der Waals surface area contributed by atoms with Crippen LogP contribution in [0.4, 0.5) is 0 Å². The minimum absolute atomic E-state index is 0. The van der Waals surface area contributed by atoms with Gasteiger partial charge in [-0.2, -0.15) is 0 Å². The van der Waals surface area contributed by atoms with Crippen LogP contribution in [0, 0.1) is 0 Å².